The fourth-order valence-corrected chi connectivity index (χ4v) is 1.86. The molecule has 4 heteroatoms. The highest BCUT2D eigenvalue weighted by Crippen LogP contribution is 2.15. The van der Waals surface area contributed by atoms with Gasteiger partial charge in [-0.1, -0.05) is 34.1 Å². The van der Waals surface area contributed by atoms with Crippen LogP contribution in [0.3, 0.4) is 0 Å². The Labute approximate surface area is 105 Å². The first kappa shape index (κ1) is 16.4. The van der Waals surface area contributed by atoms with Crippen molar-refractivity contribution in [3.05, 3.63) is 0 Å². The van der Waals surface area contributed by atoms with Crippen LogP contribution in [0.1, 0.15) is 47.5 Å². The Bertz CT molecular complexity index is 240. The van der Waals surface area contributed by atoms with Crippen LogP contribution in [0.5, 0.6) is 0 Å². The number of carbonyl (C=O) groups excluding carboxylic acids is 1. The van der Waals surface area contributed by atoms with Gasteiger partial charge in [0.15, 0.2) is 0 Å². The molecule has 1 amide bonds. The molecule has 4 N–H and O–H groups in total. The number of hydrogen-bond acceptors (Lipinski definition) is 3. The minimum absolute atomic E-state index is 0.157. The lowest BCUT2D eigenvalue weighted by Crippen LogP contribution is -2.49. The van der Waals surface area contributed by atoms with Crippen molar-refractivity contribution in [1.82, 2.24) is 5.32 Å². The summed E-state index contributed by atoms with van der Waals surface area (Å²) >= 11 is 0. The van der Waals surface area contributed by atoms with Crippen LogP contribution in [0, 0.1) is 11.8 Å². The summed E-state index contributed by atoms with van der Waals surface area (Å²) in [4.78, 5) is 11.7. The summed E-state index contributed by atoms with van der Waals surface area (Å²) in [7, 11) is 0. The van der Waals surface area contributed by atoms with Gasteiger partial charge in [0.2, 0.25) is 5.91 Å². The topological polar surface area (TPSA) is 75.4 Å². The van der Waals surface area contributed by atoms with E-state index in [2.05, 4.69) is 5.32 Å². The fourth-order valence-electron chi connectivity index (χ4n) is 1.86. The van der Waals surface area contributed by atoms with Crippen LogP contribution < -0.4 is 11.1 Å². The molecule has 0 saturated heterocycles. The Morgan fingerprint density at radius 3 is 2.35 bits per heavy atom. The average molecular weight is 244 g/mol. The lowest BCUT2D eigenvalue weighted by molar-refractivity contribution is -0.124. The van der Waals surface area contributed by atoms with Crippen LogP contribution in [0.25, 0.3) is 0 Å². The molecule has 0 aromatic heterocycles. The molecule has 17 heavy (non-hydrogen) atoms. The van der Waals surface area contributed by atoms with E-state index in [0.29, 0.717) is 12.3 Å². The average Bonchev–Trinajstić information content (AvgIpc) is 2.22. The van der Waals surface area contributed by atoms with Crippen LogP contribution in [-0.2, 0) is 4.79 Å². The molecule has 0 aromatic carbocycles. The Hall–Kier alpha value is -0.610. The zero-order chi connectivity index (χ0) is 13.6. The Kier molecular flexibility index (Phi) is 6.72. The van der Waals surface area contributed by atoms with Gasteiger partial charge >= 0.3 is 0 Å². The van der Waals surface area contributed by atoms with Gasteiger partial charge in [0.1, 0.15) is 0 Å². The first-order chi connectivity index (χ1) is 7.69. The lowest BCUT2D eigenvalue weighted by Gasteiger charge is -2.27. The van der Waals surface area contributed by atoms with E-state index in [4.69, 9.17) is 5.73 Å². The van der Waals surface area contributed by atoms with Crippen LogP contribution >= 0.6 is 0 Å². The van der Waals surface area contributed by atoms with Crippen molar-refractivity contribution >= 4 is 5.91 Å². The third-order valence-electron chi connectivity index (χ3n) is 3.05. The molecule has 0 aliphatic heterocycles. The van der Waals surface area contributed by atoms with E-state index >= 15 is 0 Å². The number of amides is 1. The van der Waals surface area contributed by atoms with E-state index in [0.717, 1.165) is 6.42 Å². The molecule has 0 aliphatic carbocycles. The van der Waals surface area contributed by atoms with Gasteiger partial charge in [0, 0.05) is 6.54 Å². The monoisotopic (exact) mass is 244 g/mol. The standard InChI is InChI=1S/C13H28N2O2/c1-6-10(4)11(14)12(16)15-8-13(5,17)7-9(2)3/h9-11,17H,6-8,14H2,1-5H3,(H,15,16)/t10?,11-,13?/m0/s1. The molecule has 0 radical (unpaired) electrons. The molecule has 3 atom stereocenters. The highest BCUT2D eigenvalue weighted by Gasteiger charge is 2.25. The van der Waals surface area contributed by atoms with Gasteiger partial charge in [-0.05, 0) is 25.2 Å². The summed E-state index contributed by atoms with van der Waals surface area (Å²) in [6, 6.07) is -0.491. The first-order valence-corrected chi connectivity index (χ1v) is 6.45. The molecule has 0 aromatic rings. The van der Waals surface area contributed by atoms with E-state index in [9.17, 15) is 9.90 Å². The molecule has 0 bridgehead atoms. The second-order valence-electron chi connectivity index (χ2n) is 5.72. The van der Waals surface area contributed by atoms with E-state index in [1.807, 2.05) is 27.7 Å². The predicted molar refractivity (Wildman–Crippen MR) is 70.5 cm³/mol. The number of carbonyl (C=O) groups is 1. The molecule has 0 fully saturated rings. The molecule has 0 saturated carbocycles. The van der Waals surface area contributed by atoms with Gasteiger partial charge in [-0.25, -0.2) is 0 Å². The maximum absolute atomic E-state index is 11.7. The lowest BCUT2D eigenvalue weighted by atomic mass is 9.93. The number of hydrogen-bond donors (Lipinski definition) is 3. The normalized spacial score (nSPS) is 18.6. The van der Waals surface area contributed by atoms with E-state index in [-0.39, 0.29) is 18.4 Å². The highest BCUT2D eigenvalue weighted by molar-refractivity contribution is 5.81. The van der Waals surface area contributed by atoms with Crippen LogP contribution in [0.4, 0.5) is 0 Å². The Morgan fingerprint density at radius 1 is 1.41 bits per heavy atom. The van der Waals surface area contributed by atoms with E-state index in [1.54, 1.807) is 6.92 Å². The smallest absolute Gasteiger partial charge is 0.237 e. The molecule has 102 valence electrons. The summed E-state index contributed by atoms with van der Waals surface area (Å²) in [5.74, 6) is 0.374. The minimum Gasteiger partial charge on any atom is -0.388 e. The molecular formula is C13H28N2O2. The van der Waals surface area contributed by atoms with Gasteiger partial charge in [-0.2, -0.15) is 0 Å². The van der Waals surface area contributed by atoms with Gasteiger partial charge in [-0.15, -0.1) is 0 Å². The van der Waals surface area contributed by atoms with E-state index < -0.39 is 11.6 Å². The minimum atomic E-state index is -0.862. The maximum Gasteiger partial charge on any atom is 0.237 e. The summed E-state index contributed by atoms with van der Waals surface area (Å²) in [5.41, 5.74) is 4.95. The molecule has 0 rings (SSSR count). The molecule has 0 heterocycles. The molecule has 4 nitrogen and oxygen atoms in total. The molecule has 0 spiro atoms. The SMILES string of the molecule is CCC(C)[C@H](N)C(=O)NCC(C)(O)CC(C)C. The van der Waals surface area contributed by atoms with Crippen LogP contribution in [0.2, 0.25) is 0 Å². The molecule has 0 aliphatic rings. The highest BCUT2D eigenvalue weighted by atomic mass is 16.3. The van der Waals surface area contributed by atoms with Crippen LogP contribution in [0.15, 0.2) is 0 Å². The van der Waals surface area contributed by atoms with Crippen molar-refractivity contribution in [1.29, 1.82) is 0 Å². The van der Waals surface area contributed by atoms with Crippen molar-refractivity contribution in [3.8, 4) is 0 Å². The second kappa shape index (κ2) is 6.97. The fraction of sp³-hybridized carbons (Fsp3) is 0.923. The third-order valence-corrected chi connectivity index (χ3v) is 3.05. The summed E-state index contributed by atoms with van der Waals surface area (Å²) in [6.07, 6.45) is 1.53. The number of aliphatic hydroxyl groups is 1. The third kappa shape index (κ3) is 6.64. The molecular weight excluding hydrogens is 216 g/mol. The zero-order valence-corrected chi connectivity index (χ0v) is 11.8. The largest absolute Gasteiger partial charge is 0.388 e. The number of nitrogens with one attached hydrogen (secondary N) is 1. The number of rotatable bonds is 7. The summed E-state index contributed by atoms with van der Waals surface area (Å²) in [6.45, 7) is 10.0. The van der Waals surface area contributed by atoms with E-state index in [1.165, 1.54) is 0 Å². The summed E-state index contributed by atoms with van der Waals surface area (Å²) in [5, 5.41) is 12.8. The maximum atomic E-state index is 11.7. The van der Waals surface area contributed by atoms with Crippen LogP contribution in [-0.4, -0.2) is 29.2 Å². The molecule has 2 unspecified atom stereocenters. The van der Waals surface area contributed by atoms with Crippen molar-refractivity contribution in [2.24, 2.45) is 17.6 Å². The van der Waals surface area contributed by atoms with Gasteiger partial charge in [0.25, 0.3) is 0 Å². The Balaban J connectivity index is 4.15. The zero-order valence-electron chi connectivity index (χ0n) is 11.8. The van der Waals surface area contributed by atoms with Crippen molar-refractivity contribution in [2.75, 3.05) is 6.54 Å². The summed E-state index contributed by atoms with van der Waals surface area (Å²) < 4.78 is 0. The predicted octanol–water partition coefficient (Wildman–Crippen LogP) is 1.27. The second-order valence-corrected chi connectivity index (χ2v) is 5.72. The number of nitrogens with two attached hydrogens (primary N) is 1. The first-order valence-electron chi connectivity index (χ1n) is 6.45. The Morgan fingerprint density at radius 2 is 1.94 bits per heavy atom. The quantitative estimate of drug-likeness (QED) is 0.631. The van der Waals surface area contributed by atoms with Gasteiger partial charge in [-0.3, -0.25) is 4.79 Å². The van der Waals surface area contributed by atoms with Gasteiger partial charge in [0.05, 0.1) is 11.6 Å². The van der Waals surface area contributed by atoms with Crippen molar-refractivity contribution in [3.63, 3.8) is 0 Å². The van der Waals surface area contributed by atoms with Gasteiger partial charge < -0.3 is 16.2 Å². The van der Waals surface area contributed by atoms with Crippen molar-refractivity contribution < 1.29 is 9.90 Å². The van der Waals surface area contributed by atoms with Crippen molar-refractivity contribution in [2.45, 2.75) is 59.1 Å².